The summed E-state index contributed by atoms with van der Waals surface area (Å²) in [7, 11) is 0. The molecule has 2 aliphatic carbocycles. The molecule has 0 spiro atoms. The van der Waals surface area contributed by atoms with Crippen molar-refractivity contribution in [2.24, 2.45) is 11.8 Å². The van der Waals surface area contributed by atoms with E-state index in [2.05, 4.69) is 130 Å². The van der Waals surface area contributed by atoms with Crippen LogP contribution >= 0.6 is 23.2 Å². The lowest BCUT2D eigenvalue weighted by Crippen LogP contribution is -2.32. The maximum absolute atomic E-state index is 6.53. The van der Waals surface area contributed by atoms with Crippen molar-refractivity contribution in [2.75, 3.05) is 26.2 Å². The van der Waals surface area contributed by atoms with Gasteiger partial charge in [-0.05, 0) is 210 Å². The Hall–Kier alpha value is -4.86. The third-order valence-corrected chi connectivity index (χ3v) is 14.9. The zero-order valence-corrected chi connectivity index (χ0v) is 39.4. The quantitative estimate of drug-likeness (QED) is 0.142. The average molecular weight is 894 g/mol. The van der Waals surface area contributed by atoms with Crippen molar-refractivity contribution in [3.63, 3.8) is 0 Å². The van der Waals surface area contributed by atoms with E-state index in [9.17, 15) is 0 Å². The zero-order valence-electron chi connectivity index (χ0n) is 37.9. The van der Waals surface area contributed by atoms with Crippen LogP contribution in [-0.4, -0.2) is 55.2 Å². The Kier molecular flexibility index (Phi) is 13.9. The first-order chi connectivity index (χ1) is 31.2. The third-order valence-electron chi connectivity index (χ3n) is 14.5. The zero-order chi connectivity index (χ0) is 44.2. The molecule has 2 aliphatic heterocycles. The van der Waals surface area contributed by atoms with Gasteiger partial charge in [0.05, 0.1) is 35.4 Å². The number of imidazole rings is 2. The Morgan fingerprint density at radius 1 is 0.562 bits per heavy atom. The summed E-state index contributed by atoms with van der Waals surface area (Å²) < 4.78 is 4.53. The predicted octanol–water partition coefficient (Wildman–Crippen LogP) is 12.0. The van der Waals surface area contributed by atoms with Gasteiger partial charge in [0, 0.05) is 58.8 Å². The SMILES string of the molecule is Cc1ncn(CCCC2=Cc3cccnc3C(C3CCNCC3)c3ccc(Cl)cc32)c1C.Cc1ncn(CCCC2=Cc3cccnc3C(C3CCNCC3)c3ccc(Cl)cc32)c1C. The van der Waals surface area contributed by atoms with E-state index >= 15 is 0 Å². The number of benzene rings is 2. The van der Waals surface area contributed by atoms with Crippen molar-refractivity contribution < 1.29 is 0 Å². The molecule has 0 bridgehead atoms. The lowest BCUT2D eigenvalue weighted by atomic mass is 9.76. The van der Waals surface area contributed by atoms with Crippen LogP contribution in [0.1, 0.15) is 131 Å². The normalized spacial score (nSPS) is 18.6. The molecule has 6 aromatic rings. The van der Waals surface area contributed by atoms with Gasteiger partial charge in [-0.15, -0.1) is 0 Å². The van der Waals surface area contributed by atoms with E-state index < -0.39 is 0 Å². The van der Waals surface area contributed by atoms with Gasteiger partial charge in [0.15, 0.2) is 0 Å². The largest absolute Gasteiger partial charge is 0.335 e. The summed E-state index contributed by atoms with van der Waals surface area (Å²) in [5, 5.41) is 8.65. The van der Waals surface area contributed by atoms with E-state index in [4.69, 9.17) is 33.2 Å². The third kappa shape index (κ3) is 9.58. The van der Waals surface area contributed by atoms with Crippen molar-refractivity contribution in [1.29, 1.82) is 0 Å². The first-order valence-corrected chi connectivity index (χ1v) is 24.3. The van der Waals surface area contributed by atoms with Gasteiger partial charge in [0.1, 0.15) is 0 Å². The molecule has 0 amide bonds. The molecule has 2 saturated heterocycles. The number of nitrogens with zero attached hydrogens (tertiary/aromatic N) is 6. The van der Waals surface area contributed by atoms with Gasteiger partial charge in [-0.3, -0.25) is 9.97 Å². The number of hydrogen-bond acceptors (Lipinski definition) is 6. The van der Waals surface area contributed by atoms with E-state index in [0.717, 1.165) is 86.4 Å². The Bertz CT molecular complexity index is 2460. The lowest BCUT2D eigenvalue weighted by molar-refractivity contribution is 0.339. The molecule has 2 aromatic carbocycles. The molecule has 2 fully saturated rings. The summed E-state index contributed by atoms with van der Waals surface area (Å²) in [5.41, 5.74) is 17.8. The molecule has 4 aliphatic rings. The van der Waals surface area contributed by atoms with Crippen molar-refractivity contribution in [3.05, 3.63) is 163 Å². The molecule has 8 nitrogen and oxygen atoms in total. The highest BCUT2D eigenvalue weighted by molar-refractivity contribution is 6.31. The minimum atomic E-state index is 0.313. The van der Waals surface area contributed by atoms with Crippen LogP contribution in [0, 0.1) is 39.5 Å². The van der Waals surface area contributed by atoms with E-state index in [-0.39, 0.29) is 0 Å². The molecule has 2 unspecified atom stereocenters. The standard InChI is InChI=1S/2C27H31ClN4/c2*1-18-19(2)32(17-31-18)14-4-6-21-15-22-5-3-11-30-27(22)26(20-9-12-29-13-10-20)24-8-7-23(28)16-25(21)24/h2*3,5,7-8,11,15-17,20,26,29H,4,6,9-10,12-14H2,1-2H3. The van der Waals surface area contributed by atoms with Crippen LogP contribution in [-0.2, 0) is 13.1 Å². The highest BCUT2D eigenvalue weighted by Gasteiger charge is 2.34. The Morgan fingerprint density at radius 3 is 1.38 bits per heavy atom. The van der Waals surface area contributed by atoms with Crippen molar-refractivity contribution >= 4 is 46.5 Å². The molecule has 2 atom stereocenters. The Balaban J connectivity index is 0.000000162. The molecular formula is C54H62Cl2N8. The number of halogens is 2. The van der Waals surface area contributed by atoms with Gasteiger partial charge in [-0.1, -0.05) is 47.5 Å². The number of piperidine rings is 2. The summed E-state index contributed by atoms with van der Waals surface area (Å²) in [6.07, 6.45) is 21.4. The lowest BCUT2D eigenvalue weighted by Gasteiger charge is -2.32. The van der Waals surface area contributed by atoms with Gasteiger partial charge in [-0.25, -0.2) is 9.97 Å². The smallest absolute Gasteiger partial charge is 0.0951 e. The molecule has 4 aromatic heterocycles. The van der Waals surface area contributed by atoms with Gasteiger partial charge in [0.2, 0.25) is 0 Å². The number of pyridine rings is 2. The number of allylic oxidation sites excluding steroid dienone is 2. The molecule has 0 radical (unpaired) electrons. The molecular weight excluding hydrogens is 832 g/mol. The van der Waals surface area contributed by atoms with Crippen molar-refractivity contribution in [3.8, 4) is 0 Å². The van der Waals surface area contributed by atoms with Crippen molar-refractivity contribution in [1.82, 2.24) is 39.7 Å². The predicted molar refractivity (Wildman–Crippen MR) is 264 cm³/mol. The monoisotopic (exact) mass is 892 g/mol. The molecule has 332 valence electrons. The van der Waals surface area contributed by atoms with Crippen LogP contribution < -0.4 is 10.6 Å². The molecule has 10 rings (SSSR count). The fraction of sp³-hybridized carbons (Fsp3) is 0.407. The first-order valence-electron chi connectivity index (χ1n) is 23.5. The van der Waals surface area contributed by atoms with E-state index in [0.29, 0.717) is 23.7 Å². The summed E-state index contributed by atoms with van der Waals surface area (Å²) >= 11 is 13.1. The fourth-order valence-corrected chi connectivity index (χ4v) is 11.1. The highest BCUT2D eigenvalue weighted by atomic mass is 35.5. The van der Waals surface area contributed by atoms with Gasteiger partial charge in [0.25, 0.3) is 0 Å². The number of fused-ring (bicyclic) bond motifs is 4. The maximum Gasteiger partial charge on any atom is 0.0951 e. The average Bonchev–Trinajstić information content (AvgIpc) is 3.71. The topological polar surface area (TPSA) is 85.5 Å². The van der Waals surface area contributed by atoms with Crippen LogP contribution in [0.5, 0.6) is 0 Å². The second-order valence-corrected chi connectivity index (χ2v) is 19.2. The summed E-state index contributed by atoms with van der Waals surface area (Å²) in [5.74, 6) is 1.81. The molecule has 64 heavy (non-hydrogen) atoms. The van der Waals surface area contributed by atoms with Crippen LogP contribution in [0.3, 0.4) is 0 Å². The summed E-state index contributed by atoms with van der Waals surface area (Å²) in [6, 6.07) is 21.6. The molecule has 0 saturated carbocycles. The number of aromatic nitrogens is 6. The van der Waals surface area contributed by atoms with Crippen LogP contribution in [0.25, 0.3) is 23.3 Å². The second-order valence-electron chi connectivity index (χ2n) is 18.3. The number of hydrogen-bond donors (Lipinski definition) is 2. The van der Waals surface area contributed by atoms with E-state index in [1.807, 2.05) is 25.0 Å². The Labute approximate surface area is 389 Å². The van der Waals surface area contributed by atoms with E-state index in [1.54, 1.807) is 0 Å². The van der Waals surface area contributed by atoms with Crippen molar-refractivity contribution in [2.45, 2.75) is 104 Å². The number of rotatable bonds is 10. The van der Waals surface area contributed by atoms with Crippen LogP contribution in [0.15, 0.2) is 85.7 Å². The Morgan fingerprint density at radius 2 is 0.984 bits per heavy atom. The number of aryl methyl sites for hydroxylation is 4. The molecule has 6 heterocycles. The van der Waals surface area contributed by atoms with Crippen LogP contribution in [0.4, 0.5) is 0 Å². The maximum atomic E-state index is 6.53. The minimum absolute atomic E-state index is 0.313. The minimum Gasteiger partial charge on any atom is -0.335 e. The highest BCUT2D eigenvalue weighted by Crippen LogP contribution is 2.47. The fourth-order valence-electron chi connectivity index (χ4n) is 10.7. The van der Waals surface area contributed by atoms with Crippen LogP contribution in [0.2, 0.25) is 10.0 Å². The number of nitrogens with one attached hydrogen (secondary N) is 2. The summed E-state index contributed by atoms with van der Waals surface area (Å²) in [4.78, 5) is 18.8. The van der Waals surface area contributed by atoms with Gasteiger partial charge in [-0.2, -0.15) is 0 Å². The summed E-state index contributed by atoms with van der Waals surface area (Å²) in [6.45, 7) is 14.7. The first kappa shape index (κ1) is 44.3. The molecule has 10 heteroatoms. The van der Waals surface area contributed by atoms with Gasteiger partial charge < -0.3 is 19.8 Å². The second kappa shape index (κ2) is 20.1. The molecule has 2 N–H and O–H groups in total. The van der Waals surface area contributed by atoms with E-state index in [1.165, 1.54) is 93.0 Å². The van der Waals surface area contributed by atoms with Gasteiger partial charge >= 0.3 is 0 Å².